The third kappa shape index (κ3) is 4.99. The molecule has 0 heterocycles. The Bertz CT molecular complexity index is 1220. The lowest BCUT2D eigenvalue weighted by Crippen LogP contribution is -2.38. The normalized spacial score (nSPS) is 10.7. The number of carbonyl (C=O) groups excluding carboxylic acids is 1. The van der Waals surface area contributed by atoms with Gasteiger partial charge >= 0.3 is 0 Å². The van der Waals surface area contributed by atoms with E-state index in [-0.39, 0.29) is 21.8 Å². The molecule has 3 rings (SSSR count). The lowest BCUT2D eigenvalue weighted by molar-refractivity contribution is -0.114. The molecule has 0 aromatic heterocycles. The highest BCUT2D eigenvalue weighted by atomic mass is 32.2. The zero-order chi connectivity index (χ0) is 22.4. The second-order valence-corrected chi connectivity index (χ2v) is 8.23. The summed E-state index contributed by atoms with van der Waals surface area (Å²) in [5.74, 6) is -0.722. The van der Waals surface area contributed by atoms with Crippen molar-refractivity contribution in [2.75, 3.05) is 23.3 Å². The van der Waals surface area contributed by atoms with Crippen LogP contribution in [0.4, 0.5) is 15.8 Å². The highest BCUT2D eigenvalue weighted by molar-refractivity contribution is 7.92. The second-order valence-electron chi connectivity index (χ2n) is 6.37. The van der Waals surface area contributed by atoms with Gasteiger partial charge in [-0.05, 0) is 60.7 Å². The van der Waals surface area contributed by atoms with E-state index in [1.165, 1.54) is 25.3 Å². The van der Waals surface area contributed by atoms with E-state index < -0.39 is 28.3 Å². The summed E-state index contributed by atoms with van der Waals surface area (Å²) in [5.41, 5.74) is 0.728. The average molecular weight is 439 g/mol. The maximum absolute atomic E-state index is 13.3. The minimum Gasteiger partial charge on any atom is -0.497 e. The summed E-state index contributed by atoms with van der Waals surface area (Å²) in [6, 6.07) is 18.8. The topological polar surface area (TPSA) is 99.5 Å². The minimum absolute atomic E-state index is 0.171. The Hall–Kier alpha value is -3.90. The number of carbonyl (C=O) groups is 1. The maximum Gasteiger partial charge on any atom is 0.264 e. The second kappa shape index (κ2) is 9.28. The first-order chi connectivity index (χ1) is 14.8. The zero-order valence-corrected chi connectivity index (χ0v) is 17.3. The number of ether oxygens (including phenoxy) is 1. The monoisotopic (exact) mass is 439 g/mol. The molecule has 9 heteroatoms. The average Bonchev–Trinajstić information content (AvgIpc) is 2.78. The van der Waals surface area contributed by atoms with E-state index >= 15 is 0 Å². The molecule has 0 spiro atoms. The number of rotatable bonds is 7. The smallest absolute Gasteiger partial charge is 0.264 e. The van der Waals surface area contributed by atoms with Crippen molar-refractivity contribution >= 4 is 27.3 Å². The number of benzene rings is 3. The van der Waals surface area contributed by atoms with E-state index in [1.54, 1.807) is 30.3 Å². The fourth-order valence-corrected chi connectivity index (χ4v) is 4.23. The van der Waals surface area contributed by atoms with Gasteiger partial charge in [0.05, 0.1) is 28.9 Å². The first-order valence-electron chi connectivity index (χ1n) is 9.06. The lowest BCUT2D eigenvalue weighted by atomic mass is 10.2. The van der Waals surface area contributed by atoms with E-state index in [9.17, 15) is 22.9 Å². The van der Waals surface area contributed by atoms with Crippen LogP contribution in [0.15, 0.2) is 77.7 Å². The van der Waals surface area contributed by atoms with Crippen molar-refractivity contribution in [1.29, 1.82) is 5.26 Å². The first-order valence-corrected chi connectivity index (χ1v) is 10.5. The van der Waals surface area contributed by atoms with Gasteiger partial charge in [-0.1, -0.05) is 12.1 Å². The van der Waals surface area contributed by atoms with Gasteiger partial charge < -0.3 is 10.1 Å². The van der Waals surface area contributed by atoms with E-state index in [0.717, 1.165) is 28.6 Å². The number of hydrogen-bond donors (Lipinski definition) is 1. The van der Waals surface area contributed by atoms with Gasteiger partial charge in [-0.15, -0.1) is 0 Å². The van der Waals surface area contributed by atoms with E-state index in [4.69, 9.17) is 4.74 Å². The molecule has 1 N–H and O–H groups in total. The largest absolute Gasteiger partial charge is 0.497 e. The summed E-state index contributed by atoms with van der Waals surface area (Å²) >= 11 is 0. The van der Waals surface area contributed by atoms with Crippen LogP contribution in [0.3, 0.4) is 0 Å². The molecule has 0 saturated carbocycles. The van der Waals surface area contributed by atoms with Gasteiger partial charge in [0.1, 0.15) is 24.2 Å². The fraction of sp³-hybridized carbons (Fsp3) is 0.0909. The van der Waals surface area contributed by atoms with Crippen LogP contribution < -0.4 is 14.4 Å². The number of methoxy groups -OCH3 is 1. The van der Waals surface area contributed by atoms with Crippen molar-refractivity contribution in [2.45, 2.75) is 4.90 Å². The Morgan fingerprint density at radius 3 is 2.32 bits per heavy atom. The van der Waals surface area contributed by atoms with Crippen molar-refractivity contribution in [2.24, 2.45) is 0 Å². The molecule has 3 aromatic carbocycles. The molecule has 3 aromatic rings. The first kappa shape index (κ1) is 21.8. The molecule has 0 fully saturated rings. The number of sulfonamides is 1. The molecule has 0 aliphatic rings. The molecular formula is C22H18FN3O4S. The molecule has 0 bridgehead atoms. The number of nitrogens with one attached hydrogen (secondary N) is 1. The van der Waals surface area contributed by atoms with E-state index in [2.05, 4.69) is 5.32 Å². The van der Waals surface area contributed by atoms with Crippen molar-refractivity contribution < 1.29 is 22.3 Å². The molecular weight excluding hydrogens is 421 g/mol. The van der Waals surface area contributed by atoms with Crippen molar-refractivity contribution in [3.63, 3.8) is 0 Å². The third-order valence-electron chi connectivity index (χ3n) is 4.37. The van der Waals surface area contributed by atoms with Gasteiger partial charge in [-0.3, -0.25) is 9.10 Å². The number of amides is 1. The third-order valence-corrected chi connectivity index (χ3v) is 6.16. The molecule has 31 heavy (non-hydrogen) atoms. The van der Waals surface area contributed by atoms with Crippen molar-refractivity contribution in [3.8, 4) is 11.8 Å². The molecule has 0 saturated heterocycles. The SMILES string of the molecule is COc1ccc(N(CC(=O)Nc2ccccc2C#N)S(=O)(=O)c2ccc(F)cc2)cc1. The molecule has 0 aliphatic carbocycles. The van der Waals surface area contributed by atoms with Gasteiger partial charge in [0.2, 0.25) is 5.91 Å². The Morgan fingerprint density at radius 1 is 1.06 bits per heavy atom. The van der Waals surface area contributed by atoms with Crippen LogP contribution in [-0.2, 0) is 14.8 Å². The zero-order valence-electron chi connectivity index (χ0n) is 16.4. The van der Waals surface area contributed by atoms with E-state index in [0.29, 0.717) is 5.75 Å². The van der Waals surface area contributed by atoms with Crippen LogP contribution in [0.2, 0.25) is 0 Å². The fourth-order valence-electron chi connectivity index (χ4n) is 2.81. The maximum atomic E-state index is 13.3. The number of halogens is 1. The van der Waals surface area contributed by atoms with Crippen LogP contribution in [0, 0.1) is 17.1 Å². The summed E-state index contributed by atoms with van der Waals surface area (Å²) in [6.07, 6.45) is 0. The van der Waals surface area contributed by atoms with E-state index in [1.807, 2.05) is 6.07 Å². The van der Waals surface area contributed by atoms with Gasteiger partial charge in [0.25, 0.3) is 10.0 Å². The lowest BCUT2D eigenvalue weighted by Gasteiger charge is -2.24. The molecule has 0 radical (unpaired) electrons. The van der Waals surface area contributed by atoms with Gasteiger partial charge in [-0.2, -0.15) is 5.26 Å². The molecule has 1 amide bonds. The molecule has 0 unspecified atom stereocenters. The van der Waals surface area contributed by atoms with Gasteiger partial charge in [-0.25, -0.2) is 12.8 Å². The van der Waals surface area contributed by atoms with Crippen LogP contribution in [0.5, 0.6) is 5.75 Å². The van der Waals surface area contributed by atoms with Crippen LogP contribution in [0.1, 0.15) is 5.56 Å². The highest BCUT2D eigenvalue weighted by Gasteiger charge is 2.27. The molecule has 7 nitrogen and oxygen atoms in total. The van der Waals surface area contributed by atoms with Crippen LogP contribution in [-0.4, -0.2) is 28.0 Å². The van der Waals surface area contributed by atoms with Gasteiger partial charge in [0.15, 0.2) is 0 Å². The summed E-state index contributed by atoms with van der Waals surface area (Å²) in [7, 11) is -2.72. The predicted octanol–water partition coefficient (Wildman–Crippen LogP) is 3.54. The highest BCUT2D eigenvalue weighted by Crippen LogP contribution is 2.26. The number of para-hydroxylation sites is 1. The number of nitriles is 1. The molecule has 0 aliphatic heterocycles. The summed E-state index contributed by atoms with van der Waals surface area (Å²) in [4.78, 5) is 12.5. The van der Waals surface area contributed by atoms with Gasteiger partial charge in [0, 0.05) is 0 Å². The summed E-state index contributed by atoms with van der Waals surface area (Å²) in [6.45, 7) is -0.564. The van der Waals surface area contributed by atoms with Crippen molar-refractivity contribution in [3.05, 3.63) is 84.2 Å². The Morgan fingerprint density at radius 2 is 1.71 bits per heavy atom. The Kier molecular flexibility index (Phi) is 6.52. The summed E-state index contributed by atoms with van der Waals surface area (Å²) in [5, 5.41) is 11.8. The Balaban J connectivity index is 1.96. The van der Waals surface area contributed by atoms with Crippen molar-refractivity contribution in [1.82, 2.24) is 0 Å². The number of anilines is 2. The quantitative estimate of drug-likeness (QED) is 0.607. The Labute approximate surface area is 179 Å². The molecule has 0 atom stereocenters. The van der Waals surface area contributed by atoms with Crippen LogP contribution in [0.25, 0.3) is 0 Å². The standard InChI is InChI=1S/C22H18FN3O4S/c1-30-19-10-8-18(9-11-19)26(31(28,29)20-12-6-17(23)7-13-20)15-22(27)25-21-5-3-2-4-16(21)14-24/h2-13H,15H2,1H3,(H,25,27). The number of nitrogens with zero attached hydrogens (tertiary/aromatic N) is 2. The minimum atomic E-state index is -4.19. The summed E-state index contributed by atoms with van der Waals surface area (Å²) < 4.78 is 45.8. The van der Waals surface area contributed by atoms with Crippen LogP contribution >= 0.6 is 0 Å². The predicted molar refractivity (Wildman–Crippen MR) is 114 cm³/mol. The molecule has 158 valence electrons. The number of hydrogen-bond acceptors (Lipinski definition) is 5.